The number of guanidine groups is 1. The SMILES string of the molecule is CCNC(=NCc1ccc2c(c1)OCCCO2)N1CCC(NC(=O)OC(C)(C)C)C1. The zero-order valence-corrected chi connectivity index (χ0v) is 18.5. The highest BCUT2D eigenvalue weighted by Gasteiger charge is 2.27. The third kappa shape index (κ3) is 6.43. The van der Waals surface area contributed by atoms with Crippen molar-refractivity contribution in [2.24, 2.45) is 4.99 Å². The van der Waals surface area contributed by atoms with Crippen LogP contribution in [0.5, 0.6) is 11.5 Å². The molecule has 1 amide bonds. The summed E-state index contributed by atoms with van der Waals surface area (Å²) in [6, 6.07) is 6.03. The average Bonchev–Trinajstić information content (AvgIpc) is 2.99. The maximum Gasteiger partial charge on any atom is 0.407 e. The number of fused-ring (bicyclic) bond motifs is 1. The van der Waals surface area contributed by atoms with E-state index in [-0.39, 0.29) is 12.1 Å². The lowest BCUT2D eigenvalue weighted by Gasteiger charge is -2.23. The van der Waals surface area contributed by atoms with Gasteiger partial charge in [0.2, 0.25) is 0 Å². The molecule has 0 aromatic heterocycles. The fraction of sp³-hybridized carbons (Fsp3) is 0.636. The predicted molar refractivity (Wildman–Crippen MR) is 116 cm³/mol. The van der Waals surface area contributed by atoms with E-state index in [1.807, 2.05) is 39.0 Å². The Morgan fingerprint density at radius 3 is 2.77 bits per heavy atom. The molecular weight excluding hydrogens is 384 g/mol. The van der Waals surface area contributed by atoms with E-state index in [9.17, 15) is 4.79 Å². The van der Waals surface area contributed by atoms with Gasteiger partial charge in [0.05, 0.1) is 25.8 Å². The molecule has 3 rings (SSSR count). The van der Waals surface area contributed by atoms with Gasteiger partial charge in [0.25, 0.3) is 0 Å². The van der Waals surface area contributed by atoms with E-state index in [0.29, 0.717) is 26.3 Å². The number of likely N-dealkylation sites (tertiary alicyclic amines) is 1. The number of ether oxygens (including phenoxy) is 3. The van der Waals surface area contributed by atoms with Crippen molar-refractivity contribution in [3.63, 3.8) is 0 Å². The molecule has 1 aromatic carbocycles. The smallest absolute Gasteiger partial charge is 0.407 e. The summed E-state index contributed by atoms with van der Waals surface area (Å²) in [7, 11) is 0. The van der Waals surface area contributed by atoms with Crippen molar-refractivity contribution in [3.8, 4) is 11.5 Å². The van der Waals surface area contributed by atoms with Gasteiger partial charge in [-0.05, 0) is 51.8 Å². The Morgan fingerprint density at radius 2 is 2.03 bits per heavy atom. The maximum atomic E-state index is 12.0. The molecule has 8 nitrogen and oxygen atoms in total. The summed E-state index contributed by atoms with van der Waals surface area (Å²) in [5, 5.41) is 6.32. The summed E-state index contributed by atoms with van der Waals surface area (Å²) in [5.74, 6) is 2.42. The van der Waals surface area contributed by atoms with E-state index >= 15 is 0 Å². The number of nitrogens with zero attached hydrogens (tertiary/aromatic N) is 2. The quantitative estimate of drug-likeness (QED) is 0.578. The highest BCUT2D eigenvalue weighted by molar-refractivity contribution is 5.80. The molecule has 1 atom stereocenters. The van der Waals surface area contributed by atoms with Gasteiger partial charge in [-0.1, -0.05) is 6.07 Å². The van der Waals surface area contributed by atoms with Crippen molar-refractivity contribution in [1.82, 2.24) is 15.5 Å². The van der Waals surface area contributed by atoms with Gasteiger partial charge in [0, 0.05) is 26.1 Å². The van der Waals surface area contributed by atoms with Crippen molar-refractivity contribution >= 4 is 12.1 Å². The fourth-order valence-electron chi connectivity index (χ4n) is 3.44. The first-order valence-electron chi connectivity index (χ1n) is 10.8. The van der Waals surface area contributed by atoms with Gasteiger partial charge < -0.3 is 29.7 Å². The molecule has 2 N–H and O–H groups in total. The number of aliphatic imine (C=N–C) groups is 1. The molecule has 1 saturated heterocycles. The second-order valence-corrected chi connectivity index (χ2v) is 8.58. The Balaban J connectivity index is 1.60. The average molecular weight is 419 g/mol. The number of benzene rings is 1. The molecule has 166 valence electrons. The van der Waals surface area contributed by atoms with E-state index in [1.165, 1.54) is 0 Å². The van der Waals surface area contributed by atoms with Crippen LogP contribution in [-0.4, -0.2) is 61.4 Å². The van der Waals surface area contributed by atoms with Crippen LogP contribution in [-0.2, 0) is 11.3 Å². The van der Waals surface area contributed by atoms with Gasteiger partial charge in [-0.25, -0.2) is 9.79 Å². The minimum atomic E-state index is -0.499. The number of carbonyl (C=O) groups is 1. The number of nitrogens with one attached hydrogen (secondary N) is 2. The van der Waals surface area contributed by atoms with Gasteiger partial charge in [-0.3, -0.25) is 0 Å². The molecule has 2 aliphatic rings. The van der Waals surface area contributed by atoms with Crippen molar-refractivity contribution in [1.29, 1.82) is 0 Å². The van der Waals surface area contributed by atoms with Crippen LogP contribution in [0.2, 0.25) is 0 Å². The lowest BCUT2D eigenvalue weighted by atomic mass is 10.2. The molecule has 1 unspecified atom stereocenters. The largest absolute Gasteiger partial charge is 0.490 e. The normalized spacial score (nSPS) is 19.3. The van der Waals surface area contributed by atoms with E-state index in [2.05, 4.69) is 22.5 Å². The highest BCUT2D eigenvalue weighted by Crippen LogP contribution is 2.30. The molecule has 2 aliphatic heterocycles. The van der Waals surface area contributed by atoms with Gasteiger partial charge >= 0.3 is 6.09 Å². The highest BCUT2D eigenvalue weighted by atomic mass is 16.6. The van der Waals surface area contributed by atoms with Crippen molar-refractivity contribution in [3.05, 3.63) is 23.8 Å². The van der Waals surface area contributed by atoms with Crippen molar-refractivity contribution in [2.45, 2.75) is 58.7 Å². The van der Waals surface area contributed by atoms with Crippen LogP contribution in [0, 0.1) is 0 Å². The Bertz CT molecular complexity index is 760. The molecule has 0 radical (unpaired) electrons. The second-order valence-electron chi connectivity index (χ2n) is 8.58. The topological polar surface area (TPSA) is 84.4 Å². The summed E-state index contributed by atoms with van der Waals surface area (Å²) in [5.41, 5.74) is 0.568. The zero-order valence-electron chi connectivity index (χ0n) is 18.5. The molecule has 30 heavy (non-hydrogen) atoms. The summed E-state index contributed by atoms with van der Waals surface area (Å²) in [6.07, 6.45) is 1.37. The number of hydrogen-bond acceptors (Lipinski definition) is 5. The summed E-state index contributed by atoms with van der Waals surface area (Å²) in [6.45, 7) is 11.8. The first kappa shape index (κ1) is 22.1. The van der Waals surface area contributed by atoms with E-state index in [4.69, 9.17) is 19.2 Å². The van der Waals surface area contributed by atoms with Crippen molar-refractivity contribution in [2.75, 3.05) is 32.8 Å². The van der Waals surface area contributed by atoms with Gasteiger partial charge in [0.15, 0.2) is 17.5 Å². The predicted octanol–water partition coefficient (Wildman–Crippen LogP) is 2.91. The number of carbonyl (C=O) groups excluding carboxylic acids is 1. The number of alkyl carbamates (subject to hydrolysis) is 1. The molecule has 1 fully saturated rings. The van der Waals surface area contributed by atoms with Gasteiger partial charge in [-0.15, -0.1) is 0 Å². The van der Waals surface area contributed by atoms with Gasteiger partial charge in [-0.2, -0.15) is 0 Å². The van der Waals surface area contributed by atoms with Crippen LogP contribution in [0.4, 0.5) is 4.79 Å². The fourth-order valence-corrected chi connectivity index (χ4v) is 3.44. The standard InChI is InChI=1S/C22H34N4O4/c1-5-23-20(26-10-9-17(15-26)25-21(27)30-22(2,3)4)24-14-16-7-8-18-19(13-16)29-12-6-11-28-18/h7-8,13,17H,5-6,9-12,14-15H2,1-4H3,(H,23,24)(H,25,27). The number of hydrogen-bond donors (Lipinski definition) is 2. The van der Waals surface area contributed by atoms with E-state index in [1.54, 1.807) is 0 Å². The summed E-state index contributed by atoms with van der Waals surface area (Å²) < 4.78 is 16.8. The van der Waals surface area contributed by atoms with E-state index < -0.39 is 5.60 Å². The molecule has 0 aliphatic carbocycles. The monoisotopic (exact) mass is 418 g/mol. The Labute approximate surface area is 179 Å². The Kier molecular flexibility index (Phi) is 7.29. The minimum absolute atomic E-state index is 0.0433. The molecule has 0 saturated carbocycles. The molecule has 0 spiro atoms. The third-order valence-electron chi connectivity index (χ3n) is 4.77. The molecule has 1 aromatic rings. The van der Waals surface area contributed by atoms with Crippen LogP contribution in [0.1, 0.15) is 46.1 Å². The first-order valence-corrected chi connectivity index (χ1v) is 10.8. The third-order valence-corrected chi connectivity index (χ3v) is 4.77. The van der Waals surface area contributed by atoms with E-state index in [0.717, 1.165) is 49.0 Å². The van der Waals surface area contributed by atoms with Crippen LogP contribution in [0.25, 0.3) is 0 Å². The minimum Gasteiger partial charge on any atom is -0.490 e. The van der Waals surface area contributed by atoms with Crippen LogP contribution in [0.15, 0.2) is 23.2 Å². The molecule has 0 bridgehead atoms. The number of amides is 1. The lowest BCUT2D eigenvalue weighted by Crippen LogP contribution is -2.44. The first-order chi connectivity index (χ1) is 14.3. The summed E-state index contributed by atoms with van der Waals surface area (Å²) >= 11 is 0. The number of rotatable bonds is 4. The van der Waals surface area contributed by atoms with Gasteiger partial charge in [0.1, 0.15) is 5.60 Å². The molecule has 2 heterocycles. The molecule has 8 heteroatoms. The Hall–Kier alpha value is -2.64. The van der Waals surface area contributed by atoms with Crippen molar-refractivity contribution < 1.29 is 19.0 Å². The van der Waals surface area contributed by atoms with Crippen LogP contribution < -0.4 is 20.1 Å². The summed E-state index contributed by atoms with van der Waals surface area (Å²) in [4.78, 5) is 19.0. The second kappa shape index (κ2) is 9.91. The molecular formula is C22H34N4O4. The zero-order chi connectivity index (χ0) is 21.6. The lowest BCUT2D eigenvalue weighted by molar-refractivity contribution is 0.0507. The maximum absolute atomic E-state index is 12.0. The van der Waals surface area contributed by atoms with Crippen LogP contribution in [0.3, 0.4) is 0 Å². The Morgan fingerprint density at radius 1 is 1.27 bits per heavy atom. The van der Waals surface area contributed by atoms with Crippen LogP contribution >= 0.6 is 0 Å².